The standard InChI is InChI=1S/C10H8N4O3/c15-9-7-5-1-2-6(17-5)8(7)10(16)14(9)13-3-11-12-4-13/h1-8H. The second kappa shape index (κ2) is 2.80. The summed E-state index contributed by atoms with van der Waals surface area (Å²) in [5.41, 5.74) is 0. The smallest absolute Gasteiger partial charge is 0.255 e. The normalized spacial score (nSPS) is 38.2. The minimum Gasteiger partial charge on any atom is -0.365 e. The Labute approximate surface area is 95.6 Å². The highest BCUT2D eigenvalue weighted by Crippen LogP contribution is 2.44. The SMILES string of the molecule is O=C1C2C3C=CC(O3)C2C(=O)N1n1cnnc1. The second-order valence-electron chi connectivity index (χ2n) is 4.33. The Kier molecular flexibility index (Phi) is 1.49. The van der Waals surface area contributed by atoms with E-state index in [0.29, 0.717) is 0 Å². The van der Waals surface area contributed by atoms with Gasteiger partial charge in [-0.25, -0.2) is 4.68 Å². The van der Waals surface area contributed by atoms with E-state index >= 15 is 0 Å². The average Bonchev–Trinajstić information content (AvgIpc) is 3.03. The van der Waals surface area contributed by atoms with Gasteiger partial charge in [-0.1, -0.05) is 12.2 Å². The van der Waals surface area contributed by atoms with Crippen molar-refractivity contribution in [1.82, 2.24) is 14.9 Å². The first kappa shape index (κ1) is 9.06. The summed E-state index contributed by atoms with van der Waals surface area (Å²) < 4.78 is 6.85. The molecule has 0 N–H and O–H groups in total. The van der Waals surface area contributed by atoms with Gasteiger partial charge in [0.05, 0.1) is 24.0 Å². The minimum atomic E-state index is -0.389. The van der Waals surface area contributed by atoms with Crippen molar-refractivity contribution in [3.05, 3.63) is 24.8 Å². The lowest BCUT2D eigenvalue weighted by Gasteiger charge is -2.16. The van der Waals surface area contributed by atoms with E-state index in [-0.39, 0.29) is 35.9 Å². The van der Waals surface area contributed by atoms with Gasteiger partial charge >= 0.3 is 0 Å². The number of fused-ring (bicyclic) bond motifs is 5. The highest BCUT2D eigenvalue weighted by molar-refractivity contribution is 6.17. The van der Waals surface area contributed by atoms with E-state index in [9.17, 15) is 9.59 Å². The van der Waals surface area contributed by atoms with E-state index in [1.165, 1.54) is 17.3 Å². The number of rotatable bonds is 1. The fourth-order valence-electron chi connectivity index (χ4n) is 2.81. The van der Waals surface area contributed by atoms with Crippen molar-refractivity contribution in [2.45, 2.75) is 12.2 Å². The van der Waals surface area contributed by atoms with Crippen LogP contribution in [0.15, 0.2) is 24.8 Å². The number of imide groups is 1. The fraction of sp³-hybridized carbons (Fsp3) is 0.400. The lowest BCUT2D eigenvalue weighted by Crippen LogP contribution is -2.42. The van der Waals surface area contributed by atoms with E-state index in [1.807, 2.05) is 12.2 Å². The quantitative estimate of drug-likeness (QED) is 0.451. The number of carbonyl (C=O) groups is 2. The molecule has 2 fully saturated rings. The third-order valence-corrected chi connectivity index (χ3v) is 3.52. The van der Waals surface area contributed by atoms with E-state index in [2.05, 4.69) is 10.2 Å². The number of nitrogens with zero attached hydrogens (tertiary/aromatic N) is 4. The van der Waals surface area contributed by atoms with E-state index < -0.39 is 0 Å². The van der Waals surface area contributed by atoms with Crippen molar-refractivity contribution in [1.29, 1.82) is 0 Å². The fourth-order valence-corrected chi connectivity index (χ4v) is 2.81. The molecule has 17 heavy (non-hydrogen) atoms. The maximum Gasteiger partial charge on any atom is 0.255 e. The van der Waals surface area contributed by atoms with Crippen molar-refractivity contribution in [2.24, 2.45) is 11.8 Å². The second-order valence-corrected chi connectivity index (χ2v) is 4.33. The summed E-state index contributed by atoms with van der Waals surface area (Å²) >= 11 is 0. The molecule has 4 unspecified atom stereocenters. The lowest BCUT2D eigenvalue weighted by atomic mass is 9.85. The maximum atomic E-state index is 12.2. The average molecular weight is 232 g/mol. The molecular weight excluding hydrogens is 224 g/mol. The van der Waals surface area contributed by atoms with Gasteiger partial charge in [-0.2, -0.15) is 5.01 Å². The summed E-state index contributed by atoms with van der Waals surface area (Å²) in [5, 5.41) is 8.31. The molecule has 3 aliphatic heterocycles. The van der Waals surface area contributed by atoms with Gasteiger partial charge in [-0.3, -0.25) is 9.59 Å². The van der Waals surface area contributed by atoms with Crippen LogP contribution in [0.4, 0.5) is 0 Å². The van der Waals surface area contributed by atoms with Crippen LogP contribution in [0.25, 0.3) is 0 Å². The Balaban J connectivity index is 1.79. The molecule has 4 atom stereocenters. The van der Waals surface area contributed by atoms with Crippen LogP contribution in [-0.2, 0) is 14.3 Å². The molecule has 1 aromatic rings. The Morgan fingerprint density at radius 1 is 1.00 bits per heavy atom. The molecule has 0 aliphatic carbocycles. The largest absolute Gasteiger partial charge is 0.365 e. The van der Waals surface area contributed by atoms with Crippen LogP contribution in [-0.4, -0.2) is 38.9 Å². The van der Waals surface area contributed by atoms with Crippen LogP contribution in [0.2, 0.25) is 0 Å². The Hall–Kier alpha value is -2.02. The number of aromatic nitrogens is 3. The molecule has 86 valence electrons. The van der Waals surface area contributed by atoms with Crippen LogP contribution in [0, 0.1) is 11.8 Å². The molecule has 0 saturated carbocycles. The molecule has 1 aromatic heterocycles. The zero-order valence-electron chi connectivity index (χ0n) is 8.63. The van der Waals surface area contributed by atoms with Crippen LogP contribution in [0.3, 0.4) is 0 Å². The predicted octanol–water partition coefficient (Wildman–Crippen LogP) is -1.15. The van der Waals surface area contributed by atoms with E-state index in [0.717, 1.165) is 5.01 Å². The van der Waals surface area contributed by atoms with Crippen molar-refractivity contribution in [3.8, 4) is 0 Å². The number of amides is 2. The zero-order valence-corrected chi connectivity index (χ0v) is 8.63. The van der Waals surface area contributed by atoms with Gasteiger partial charge in [-0.05, 0) is 0 Å². The van der Waals surface area contributed by atoms with Crippen molar-refractivity contribution in [3.63, 3.8) is 0 Å². The molecule has 0 spiro atoms. The Bertz CT molecular complexity index is 508. The summed E-state index contributed by atoms with van der Waals surface area (Å²) in [7, 11) is 0. The molecule has 7 nitrogen and oxygen atoms in total. The molecule has 4 rings (SSSR count). The summed E-state index contributed by atoms with van der Waals surface area (Å²) in [6.45, 7) is 0. The van der Waals surface area contributed by atoms with Gasteiger partial charge in [0.25, 0.3) is 11.8 Å². The first-order valence-electron chi connectivity index (χ1n) is 5.34. The van der Waals surface area contributed by atoms with Gasteiger partial charge < -0.3 is 4.74 Å². The monoisotopic (exact) mass is 232 g/mol. The number of ether oxygens (including phenoxy) is 1. The van der Waals surface area contributed by atoms with Gasteiger partial charge in [-0.15, -0.1) is 10.2 Å². The first-order valence-corrected chi connectivity index (χ1v) is 5.34. The third kappa shape index (κ3) is 0.949. The van der Waals surface area contributed by atoms with E-state index in [1.54, 1.807) is 0 Å². The van der Waals surface area contributed by atoms with Crippen molar-refractivity contribution in [2.75, 3.05) is 5.01 Å². The molecule has 4 heterocycles. The lowest BCUT2D eigenvalue weighted by molar-refractivity contribution is -0.127. The molecule has 3 aliphatic rings. The van der Waals surface area contributed by atoms with Gasteiger partial charge in [0.15, 0.2) is 0 Å². The van der Waals surface area contributed by atoms with Gasteiger partial charge in [0.1, 0.15) is 12.7 Å². The highest BCUT2D eigenvalue weighted by Gasteiger charge is 2.61. The molecule has 7 heteroatoms. The van der Waals surface area contributed by atoms with E-state index in [4.69, 9.17) is 4.74 Å². The molecular formula is C10H8N4O3. The Morgan fingerprint density at radius 2 is 1.53 bits per heavy atom. The zero-order chi connectivity index (χ0) is 11.6. The highest BCUT2D eigenvalue weighted by atomic mass is 16.5. The Morgan fingerprint density at radius 3 is 2.06 bits per heavy atom. The van der Waals surface area contributed by atoms with Crippen molar-refractivity contribution < 1.29 is 14.3 Å². The van der Waals surface area contributed by atoms with Crippen LogP contribution in [0.5, 0.6) is 0 Å². The van der Waals surface area contributed by atoms with Gasteiger partial charge in [0.2, 0.25) is 0 Å². The number of hydrogen-bond acceptors (Lipinski definition) is 5. The van der Waals surface area contributed by atoms with Crippen LogP contribution < -0.4 is 5.01 Å². The van der Waals surface area contributed by atoms with Gasteiger partial charge in [0, 0.05) is 0 Å². The minimum absolute atomic E-state index is 0.239. The summed E-state index contributed by atoms with van der Waals surface area (Å²) in [6, 6.07) is 0. The number of carbonyl (C=O) groups excluding carboxylic acids is 2. The molecule has 2 amide bonds. The third-order valence-electron chi connectivity index (χ3n) is 3.52. The first-order chi connectivity index (χ1) is 8.27. The van der Waals surface area contributed by atoms with Crippen LogP contribution >= 0.6 is 0 Å². The number of hydrogen-bond donors (Lipinski definition) is 0. The summed E-state index contributed by atoms with van der Waals surface area (Å²) in [6.07, 6.45) is 5.87. The molecule has 0 radical (unpaired) electrons. The summed E-state index contributed by atoms with van der Waals surface area (Å²) in [4.78, 5) is 24.4. The molecule has 2 saturated heterocycles. The van der Waals surface area contributed by atoms with Crippen LogP contribution in [0.1, 0.15) is 0 Å². The summed E-state index contributed by atoms with van der Waals surface area (Å²) in [5.74, 6) is -1.26. The molecule has 0 aromatic carbocycles. The maximum absolute atomic E-state index is 12.2. The molecule has 2 bridgehead atoms. The van der Waals surface area contributed by atoms with Crippen molar-refractivity contribution >= 4 is 11.8 Å². The predicted molar refractivity (Wildman–Crippen MR) is 53.0 cm³/mol. The topological polar surface area (TPSA) is 77.3 Å².